The van der Waals surface area contributed by atoms with Crippen molar-refractivity contribution < 1.29 is 28.9 Å². The Morgan fingerprint density at radius 2 is 2.04 bits per heavy atom. The number of carbonyl (C=O) groups excluding carboxylic acids is 1. The lowest BCUT2D eigenvalue weighted by atomic mass is 9.94. The van der Waals surface area contributed by atoms with E-state index in [0.29, 0.717) is 18.9 Å². The highest BCUT2D eigenvalue weighted by Crippen LogP contribution is 2.30. The lowest BCUT2D eigenvalue weighted by molar-refractivity contribution is -0.108. The predicted molar refractivity (Wildman–Crippen MR) is 92.1 cm³/mol. The predicted octanol–water partition coefficient (Wildman–Crippen LogP) is 2.68. The second kappa shape index (κ2) is 10.0. The fourth-order valence-corrected chi connectivity index (χ4v) is 2.99. The molecule has 1 amide bonds. The third-order valence-electron chi connectivity index (χ3n) is 4.30. The number of carboxylic acid groups (broad SMARTS) is 1. The average Bonchev–Trinajstić information content (AvgIpc) is 2.63. The largest absolute Gasteiger partial charge is 0.478 e. The van der Waals surface area contributed by atoms with Crippen molar-refractivity contribution in [1.29, 1.82) is 0 Å². The minimum atomic E-state index is -1.11. The molecule has 2 rings (SSSR count). The first kappa shape index (κ1) is 19.2. The van der Waals surface area contributed by atoms with Crippen LogP contribution < -0.4 is 9.64 Å². The van der Waals surface area contributed by atoms with Gasteiger partial charge in [-0.2, -0.15) is 0 Å². The highest BCUT2D eigenvalue weighted by Gasteiger charge is 2.23. The van der Waals surface area contributed by atoms with E-state index in [1.165, 1.54) is 12.5 Å². The Bertz CT molecular complexity index is 571. The summed E-state index contributed by atoms with van der Waals surface area (Å²) < 4.78 is 15.4. The van der Waals surface area contributed by atoms with E-state index >= 15 is 0 Å². The van der Waals surface area contributed by atoms with Gasteiger partial charge in [-0.3, -0.25) is 4.79 Å². The first-order valence-electron chi connectivity index (χ1n) is 8.48. The number of amides is 1. The number of rotatable bonds is 10. The monoisotopic (exact) mass is 351 g/mol. The molecule has 1 fully saturated rings. The highest BCUT2D eigenvalue weighted by atomic mass is 16.7. The van der Waals surface area contributed by atoms with E-state index in [9.17, 15) is 14.7 Å². The van der Waals surface area contributed by atoms with Crippen molar-refractivity contribution in [1.82, 2.24) is 0 Å². The van der Waals surface area contributed by atoms with E-state index in [-0.39, 0.29) is 24.1 Å². The maximum Gasteiger partial charge on any atom is 0.339 e. The quantitative estimate of drug-likeness (QED) is 0.396. The maximum atomic E-state index is 11.6. The molecular weight excluding hydrogens is 326 g/mol. The van der Waals surface area contributed by atoms with Gasteiger partial charge in [0.15, 0.2) is 6.79 Å². The number of carboxylic acids is 1. The Morgan fingerprint density at radius 3 is 2.68 bits per heavy atom. The van der Waals surface area contributed by atoms with E-state index in [1.807, 2.05) is 0 Å². The summed E-state index contributed by atoms with van der Waals surface area (Å²) in [6, 6.07) is 4.88. The Kier molecular flexibility index (Phi) is 7.69. The number of aromatic carboxylic acids is 1. The third-order valence-corrected chi connectivity index (χ3v) is 4.30. The molecule has 1 saturated carbocycles. The standard InChI is InChI=1S/C18H25NO6/c1-23-9-10-24-13-25-17-8-7-15(11-16(17)18(21)22)19(12-20)14-5-3-2-4-6-14/h7-8,11-12,14H,2-6,9-10,13H2,1H3,(H,21,22). The van der Waals surface area contributed by atoms with Gasteiger partial charge in [0.05, 0.1) is 13.2 Å². The van der Waals surface area contributed by atoms with Gasteiger partial charge < -0.3 is 24.2 Å². The van der Waals surface area contributed by atoms with Gasteiger partial charge in [0.25, 0.3) is 0 Å². The molecule has 0 spiro atoms. The molecule has 7 nitrogen and oxygen atoms in total. The van der Waals surface area contributed by atoms with Crippen molar-refractivity contribution in [2.45, 2.75) is 38.1 Å². The molecule has 0 heterocycles. The summed E-state index contributed by atoms with van der Waals surface area (Å²) in [5.74, 6) is -0.897. The smallest absolute Gasteiger partial charge is 0.339 e. The SMILES string of the molecule is COCCOCOc1ccc(N(C=O)C2CCCCC2)cc1C(=O)O. The van der Waals surface area contributed by atoms with Crippen LogP contribution in [0.25, 0.3) is 0 Å². The molecule has 7 heteroatoms. The van der Waals surface area contributed by atoms with Crippen molar-refractivity contribution in [2.75, 3.05) is 32.0 Å². The highest BCUT2D eigenvalue weighted by molar-refractivity contribution is 5.93. The molecule has 1 N–H and O–H groups in total. The van der Waals surface area contributed by atoms with Crippen LogP contribution in [-0.4, -0.2) is 50.6 Å². The normalized spacial score (nSPS) is 14.9. The van der Waals surface area contributed by atoms with Gasteiger partial charge in [0, 0.05) is 18.8 Å². The van der Waals surface area contributed by atoms with Crippen molar-refractivity contribution in [3.8, 4) is 5.75 Å². The van der Waals surface area contributed by atoms with Gasteiger partial charge in [-0.05, 0) is 31.0 Å². The molecule has 25 heavy (non-hydrogen) atoms. The molecule has 138 valence electrons. The van der Waals surface area contributed by atoms with E-state index in [1.54, 1.807) is 24.1 Å². The van der Waals surface area contributed by atoms with Crippen LogP contribution in [0.3, 0.4) is 0 Å². The number of nitrogens with zero attached hydrogens (tertiary/aromatic N) is 1. The van der Waals surface area contributed by atoms with Crippen LogP contribution in [-0.2, 0) is 14.3 Å². The van der Waals surface area contributed by atoms with E-state index in [0.717, 1.165) is 32.1 Å². The number of methoxy groups -OCH3 is 1. The summed E-state index contributed by atoms with van der Waals surface area (Å²) in [5.41, 5.74) is 0.586. The van der Waals surface area contributed by atoms with Crippen LogP contribution in [0, 0.1) is 0 Å². The molecule has 0 bridgehead atoms. The molecule has 0 atom stereocenters. The number of anilines is 1. The lowest BCUT2D eigenvalue weighted by Crippen LogP contribution is -2.35. The number of carbonyl (C=O) groups is 2. The molecule has 1 aliphatic rings. The van der Waals surface area contributed by atoms with Crippen LogP contribution >= 0.6 is 0 Å². The molecule has 0 unspecified atom stereocenters. The van der Waals surface area contributed by atoms with Gasteiger partial charge in [0.2, 0.25) is 6.41 Å². The summed E-state index contributed by atoms with van der Waals surface area (Å²) in [4.78, 5) is 24.7. The number of ether oxygens (including phenoxy) is 3. The van der Waals surface area contributed by atoms with Crippen molar-refractivity contribution >= 4 is 18.1 Å². The van der Waals surface area contributed by atoms with Crippen LogP contribution in [0.5, 0.6) is 5.75 Å². The van der Waals surface area contributed by atoms with Crippen LogP contribution in [0.4, 0.5) is 5.69 Å². The summed E-state index contributed by atoms with van der Waals surface area (Å²) in [6.45, 7) is 0.727. The Morgan fingerprint density at radius 1 is 1.28 bits per heavy atom. The zero-order valence-corrected chi connectivity index (χ0v) is 14.5. The van der Waals surface area contributed by atoms with E-state index in [4.69, 9.17) is 14.2 Å². The topological polar surface area (TPSA) is 85.3 Å². The second-order valence-electron chi connectivity index (χ2n) is 5.95. The fraction of sp³-hybridized carbons (Fsp3) is 0.556. The summed E-state index contributed by atoms with van der Waals surface area (Å²) in [5, 5.41) is 9.45. The number of hydrogen-bond donors (Lipinski definition) is 1. The van der Waals surface area contributed by atoms with Crippen LogP contribution in [0.15, 0.2) is 18.2 Å². The van der Waals surface area contributed by atoms with Crippen molar-refractivity contribution in [3.05, 3.63) is 23.8 Å². The molecule has 1 aromatic carbocycles. The Labute approximate surface area is 147 Å². The van der Waals surface area contributed by atoms with Crippen molar-refractivity contribution in [2.24, 2.45) is 0 Å². The van der Waals surface area contributed by atoms with Crippen molar-refractivity contribution in [3.63, 3.8) is 0 Å². The molecule has 0 radical (unpaired) electrons. The third kappa shape index (κ3) is 5.44. The minimum Gasteiger partial charge on any atom is -0.478 e. The van der Waals surface area contributed by atoms with Gasteiger partial charge in [-0.15, -0.1) is 0 Å². The fourth-order valence-electron chi connectivity index (χ4n) is 2.99. The second-order valence-corrected chi connectivity index (χ2v) is 5.95. The zero-order chi connectivity index (χ0) is 18.1. The molecular formula is C18H25NO6. The number of benzene rings is 1. The average molecular weight is 351 g/mol. The number of hydrogen-bond acceptors (Lipinski definition) is 5. The summed E-state index contributed by atoms with van der Waals surface area (Å²) >= 11 is 0. The molecule has 0 aliphatic heterocycles. The lowest BCUT2D eigenvalue weighted by Gasteiger charge is -2.31. The Balaban J connectivity index is 2.10. The molecule has 0 saturated heterocycles. The maximum absolute atomic E-state index is 11.6. The molecule has 1 aromatic rings. The first-order valence-corrected chi connectivity index (χ1v) is 8.48. The minimum absolute atomic E-state index is 0.00972. The molecule has 0 aromatic heterocycles. The Hall–Kier alpha value is -2.12. The first-order chi connectivity index (χ1) is 12.2. The van der Waals surface area contributed by atoms with E-state index in [2.05, 4.69) is 0 Å². The van der Waals surface area contributed by atoms with E-state index < -0.39 is 5.97 Å². The zero-order valence-electron chi connectivity index (χ0n) is 14.5. The summed E-state index contributed by atoms with van der Waals surface area (Å²) in [7, 11) is 1.57. The van der Waals surface area contributed by atoms with Crippen LogP contribution in [0.1, 0.15) is 42.5 Å². The molecule has 1 aliphatic carbocycles. The van der Waals surface area contributed by atoms with Crippen LogP contribution in [0.2, 0.25) is 0 Å². The van der Waals surface area contributed by atoms with Gasteiger partial charge in [0.1, 0.15) is 11.3 Å². The van der Waals surface area contributed by atoms with Gasteiger partial charge in [-0.1, -0.05) is 19.3 Å². The van der Waals surface area contributed by atoms with Gasteiger partial charge in [-0.25, -0.2) is 4.79 Å². The summed E-state index contributed by atoms with van der Waals surface area (Å²) in [6.07, 6.45) is 6.01. The van der Waals surface area contributed by atoms with Gasteiger partial charge >= 0.3 is 5.97 Å².